The first-order valence-electron chi connectivity index (χ1n) is 11.1. The maximum absolute atomic E-state index is 13.1. The number of carbonyl (C=O) groups is 1. The van der Waals surface area contributed by atoms with Crippen molar-refractivity contribution in [3.05, 3.63) is 71.3 Å². The van der Waals surface area contributed by atoms with Crippen molar-refractivity contribution in [1.82, 2.24) is 15.1 Å². The van der Waals surface area contributed by atoms with Gasteiger partial charge < -0.3 is 4.90 Å². The fraction of sp³-hybridized carbons (Fsp3) is 0.480. The van der Waals surface area contributed by atoms with Gasteiger partial charge in [-0.1, -0.05) is 61.0 Å². The smallest absolute Gasteiger partial charge is 0.244 e. The summed E-state index contributed by atoms with van der Waals surface area (Å²) >= 11 is 0. The van der Waals surface area contributed by atoms with E-state index in [0.717, 1.165) is 25.2 Å². The van der Waals surface area contributed by atoms with Crippen molar-refractivity contribution >= 4 is 5.91 Å². The lowest BCUT2D eigenvalue weighted by Gasteiger charge is -2.27. The minimum absolute atomic E-state index is 0.142. The Morgan fingerprint density at radius 1 is 0.931 bits per heavy atom. The first-order chi connectivity index (χ1) is 14.2. The summed E-state index contributed by atoms with van der Waals surface area (Å²) in [6.45, 7) is 9.68. The third-order valence-electron chi connectivity index (χ3n) is 5.84. The molecule has 1 unspecified atom stereocenters. The summed E-state index contributed by atoms with van der Waals surface area (Å²) in [7, 11) is 0. The molecule has 2 aromatic carbocycles. The summed E-state index contributed by atoms with van der Waals surface area (Å²) in [6.07, 6.45) is 4.02. The molecule has 1 fully saturated rings. The van der Waals surface area contributed by atoms with Crippen LogP contribution in [0, 0.1) is 0 Å². The molecular formula is C25H35N3O. The number of likely N-dealkylation sites (N-methyl/N-ethyl adjacent to an activating group) is 1. The Morgan fingerprint density at radius 2 is 1.55 bits per heavy atom. The summed E-state index contributed by atoms with van der Waals surface area (Å²) in [4.78, 5) is 17.5. The second-order valence-corrected chi connectivity index (χ2v) is 7.89. The van der Waals surface area contributed by atoms with Crippen molar-refractivity contribution in [3.63, 3.8) is 0 Å². The molecule has 0 spiro atoms. The molecular weight excluding hydrogens is 358 g/mol. The van der Waals surface area contributed by atoms with Gasteiger partial charge in [0, 0.05) is 26.2 Å². The van der Waals surface area contributed by atoms with Crippen molar-refractivity contribution in [2.24, 2.45) is 0 Å². The third-order valence-corrected chi connectivity index (χ3v) is 5.84. The normalized spacial score (nSPS) is 15.8. The van der Waals surface area contributed by atoms with Crippen LogP contribution < -0.4 is 5.32 Å². The molecule has 1 atom stereocenters. The number of carbonyl (C=O) groups excluding carboxylic acids is 1. The van der Waals surface area contributed by atoms with Crippen molar-refractivity contribution in [2.45, 2.75) is 52.2 Å². The largest absolute Gasteiger partial charge is 0.342 e. The van der Waals surface area contributed by atoms with Gasteiger partial charge in [0.05, 0.1) is 0 Å². The number of hydrogen-bond acceptors (Lipinski definition) is 3. The fourth-order valence-corrected chi connectivity index (χ4v) is 4.07. The molecule has 1 aliphatic heterocycles. The maximum Gasteiger partial charge on any atom is 0.244 e. The van der Waals surface area contributed by atoms with Crippen LogP contribution in [-0.4, -0.2) is 41.9 Å². The molecule has 1 N–H and O–H groups in total. The van der Waals surface area contributed by atoms with Crippen LogP contribution in [0.25, 0.3) is 0 Å². The van der Waals surface area contributed by atoms with Gasteiger partial charge in [-0.2, -0.15) is 0 Å². The van der Waals surface area contributed by atoms with E-state index in [0.29, 0.717) is 6.54 Å². The number of likely N-dealkylation sites (tertiary alicyclic amines) is 1. The first-order valence-corrected chi connectivity index (χ1v) is 11.1. The maximum atomic E-state index is 13.1. The molecule has 0 bridgehead atoms. The van der Waals surface area contributed by atoms with Crippen LogP contribution in [-0.2, 0) is 17.9 Å². The van der Waals surface area contributed by atoms with E-state index in [1.165, 1.54) is 43.5 Å². The Labute approximate surface area is 175 Å². The van der Waals surface area contributed by atoms with Gasteiger partial charge in [-0.15, -0.1) is 0 Å². The number of amides is 1. The van der Waals surface area contributed by atoms with Crippen molar-refractivity contribution < 1.29 is 4.79 Å². The lowest BCUT2D eigenvalue weighted by atomic mass is 10.0. The number of benzene rings is 2. The number of rotatable bonds is 9. The molecule has 0 aromatic heterocycles. The monoisotopic (exact) mass is 393 g/mol. The van der Waals surface area contributed by atoms with E-state index in [1.807, 2.05) is 49.1 Å². The lowest BCUT2D eigenvalue weighted by Crippen LogP contribution is -2.40. The Hall–Kier alpha value is -2.17. The predicted octanol–water partition coefficient (Wildman–Crippen LogP) is 4.37. The van der Waals surface area contributed by atoms with Crippen LogP contribution in [0.4, 0.5) is 0 Å². The van der Waals surface area contributed by atoms with Gasteiger partial charge >= 0.3 is 0 Å². The predicted molar refractivity (Wildman–Crippen MR) is 120 cm³/mol. The van der Waals surface area contributed by atoms with E-state index in [4.69, 9.17) is 0 Å². The second-order valence-electron chi connectivity index (χ2n) is 7.89. The lowest BCUT2D eigenvalue weighted by molar-refractivity contribution is -0.133. The Kier molecular flexibility index (Phi) is 8.26. The van der Waals surface area contributed by atoms with Crippen molar-refractivity contribution in [3.8, 4) is 0 Å². The summed E-state index contributed by atoms with van der Waals surface area (Å²) in [5, 5.41) is 3.50. The second kappa shape index (κ2) is 11.1. The van der Waals surface area contributed by atoms with Gasteiger partial charge in [0.15, 0.2) is 0 Å². The highest BCUT2D eigenvalue weighted by Gasteiger charge is 2.23. The van der Waals surface area contributed by atoms with Crippen LogP contribution in [0.15, 0.2) is 54.6 Å². The minimum Gasteiger partial charge on any atom is -0.342 e. The molecule has 0 radical (unpaired) electrons. The number of piperidine rings is 1. The Bertz CT molecular complexity index is 734. The molecule has 0 saturated carbocycles. The summed E-state index contributed by atoms with van der Waals surface area (Å²) in [6, 6.07) is 18.6. The van der Waals surface area contributed by atoms with E-state index in [9.17, 15) is 4.79 Å². The molecule has 1 heterocycles. The van der Waals surface area contributed by atoms with Crippen LogP contribution in [0.1, 0.15) is 55.8 Å². The van der Waals surface area contributed by atoms with Crippen molar-refractivity contribution in [1.29, 1.82) is 0 Å². The van der Waals surface area contributed by atoms with Gasteiger partial charge in [-0.05, 0) is 56.5 Å². The molecule has 4 heteroatoms. The zero-order valence-corrected chi connectivity index (χ0v) is 17.9. The molecule has 1 aliphatic rings. The molecule has 3 rings (SSSR count). The quantitative estimate of drug-likeness (QED) is 0.687. The zero-order valence-electron chi connectivity index (χ0n) is 17.9. The van der Waals surface area contributed by atoms with E-state index < -0.39 is 0 Å². The van der Waals surface area contributed by atoms with E-state index in [2.05, 4.69) is 34.5 Å². The van der Waals surface area contributed by atoms with Gasteiger partial charge in [-0.3, -0.25) is 15.0 Å². The molecule has 1 saturated heterocycles. The summed E-state index contributed by atoms with van der Waals surface area (Å²) in [5.41, 5.74) is 3.60. The van der Waals surface area contributed by atoms with Crippen LogP contribution in [0.3, 0.4) is 0 Å². The topological polar surface area (TPSA) is 35.6 Å². The average Bonchev–Trinajstić information content (AvgIpc) is 2.77. The molecule has 1 amide bonds. The summed E-state index contributed by atoms with van der Waals surface area (Å²) in [5.74, 6) is 0.142. The average molecular weight is 394 g/mol. The Balaban J connectivity index is 1.63. The van der Waals surface area contributed by atoms with Gasteiger partial charge in [-0.25, -0.2) is 0 Å². The van der Waals surface area contributed by atoms with E-state index in [-0.39, 0.29) is 11.9 Å². The number of nitrogens with zero attached hydrogens (tertiary/aromatic N) is 2. The molecule has 29 heavy (non-hydrogen) atoms. The van der Waals surface area contributed by atoms with Crippen LogP contribution >= 0.6 is 0 Å². The molecule has 4 nitrogen and oxygen atoms in total. The molecule has 156 valence electrons. The number of nitrogens with one attached hydrogen (secondary N) is 1. The highest BCUT2D eigenvalue weighted by Crippen LogP contribution is 2.18. The minimum atomic E-state index is -0.316. The van der Waals surface area contributed by atoms with Gasteiger partial charge in [0.25, 0.3) is 0 Å². The fourth-order valence-electron chi connectivity index (χ4n) is 4.07. The van der Waals surface area contributed by atoms with Gasteiger partial charge in [0.1, 0.15) is 6.04 Å². The van der Waals surface area contributed by atoms with Crippen LogP contribution in [0.2, 0.25) is 0 Å². The zero-order chi connectivity index (χ0) is 20.5. The van der Waals surface area contributed by atoms with Crippen LogP contribution in [0.5, 0.6) is 0 Å². The first kappa shape index (κ1) is 21.5. The highest BCUT2D eigenvalue weighted by atomic mass is 16.2. The third kappa shape index (κ3) is 6.15. The SMILES string of the molecule is CCN(CC)C(=O)C(NCc1ccc(CN2CCCCC2)cc1)c1ccccc1. The summed E-state index contributed by atoms with van der Waals surface area (Å²) < 4.78 is 0. The Morgan fingerprint density at radius 3 is 2.17 bits per heavy atom. The molecule has 0 aliphatic carbocycles. The number of hydrogen-bond donors (Lipinski definition) is 1. The highest BCUT2D eigenvalue weighted by molar-refractivity contribution is 5.83. The van der Waals surface area contributed by atoms with E-state index in [1.54, 1.807) is 0 Å². The standard InChI is InChI=1S/C25H35N3O/c1-3-28(4-2)25(29)24(23-11-7-5-8-12-23)26-19-21-13-15-22(16-14-21)20-27-17-9-6-10-18-27/h5,7-8,11-16,24,26H,3-4,6,9-10,17-20H2,1-2H3. The van der Waals surface area contributed by atoms with Gasteiger partial charge in [0.2, 0.25) is 5.91 Å². The van der Waals surface area contributed by atoms with Crippen molar-refractivity contribution in [2.75, 3.05) is 26.2 Å². The van der Waals surface area contributed by atoms with E-state index >= 15 is 0 Å². The molecule has 2 aromatic rings.